The van der Waals surface area contributed by atoms with Crippen LogP contribution < -0.4 is 5.32 Å². The standard InChI is InChI=1S/C17H27FN2/c1-3-10-20(4-2)11-9-19-17-12-15(13-17)14-5-7-16(18)8-6-14/h5-8,15,17,19H,3-4,9-13H2,1-2H3. The Morgan fingerprint density at radius 3 is 2.45 bits per heavy atom. The normalized spacial score (nSPS) is 22.0. The van der Waals surface area contributed by atoms with E-state index in [1.54, 1.807) is 12.1 Å². The van der Waals surface area contributed by atoms with Crippen molar-refractivity contribution >= 4 is 0 Å². The van der Waals surface area contributed by atoms with Crippen molar-refractivity contribution in [1.82, 2.24) is 10.2 Å². The second-order valence-electron chi connectivity index (χ2n) is 5.81. The Hall–Kier alpha value is -0.930. The lowest BCUT2D eigenvalue weighted by atomic mass is 9.76. The Kier molecular flexibility index (Phi) is 5.99. The van der Waals surface area contributed by atoms with E-state index >= 15 is 0 Å². The summed E-state index contributed by atoms with van der Waals surface area (Å²) < 4.78 is 12.9. The second kappa shape index (κ2) is 7.75. The smallest absolute Gasteiger partial charge is 0.123 e. The van der Waals surface area contributed by atoms with E-state index in [4.69, 9.17) is 0 Å². The molecule has 3 heteroatoms. The van der Waals surface area contributed by atoms with E-state index in [2.05, 4.69) is 24.1 Å². The minimum absolute atomic E-state index is 0.140. The van der Waals surface area contributed by atoms with E-state index in [-0.39, 0.29) is 5.82 Å². The highest BCUT2D eigenvalue weighted by molar-refractivity contribution is 5.23. The van der Waals surface area contributed by atoms with Gasteiger partial charge in [-0.25, -0.2) is 4.39 Å². The summed E-state index contributed by atoms with van der Waals surface area (Å²) in [5, 5.41) is 3.64. The average Bonchev–Trinajstić information content (AvgIpc) is 2.41. The van der Waals surface area contributed by atoms with Crippen LogP contribution in [0.25, 0.3) is 0 Å². The lowest BCUT2D eigenvalue weighted by Gasteiger charge is -2.37. The van der Waals surface area contributed by atoms with Gasteiger partial charge in [0.2, 0.25) is 0 Å². The molecule has 0 aliphatic heterocycles. The fraction of sp³-hybridized carbons (Fsp3) is 0.647. The zero-order valence-electron chi connectivity index (χ0n) is 12.7. The fourth-order valence-corrected chi connectivity index (χ4v) is 2.96. The Labute approximate surface area is 122 Å². The van der Waals surface area contributed by atoms with Gasteiger partial charge in [0.1, 0.15) is 5.82 Å². The summed E-state index contributed by atoms with van der Waals surface area (Å²) in [6.45, 7) is 9.01. The van der Waals surface area contributed by atoms with Crippen molar-refractivity contribution in [2.75, 3.05) is 26.2 Å². The summed E-state index contributed by atoms with van der Waals surface area (Å²) in [6, 6.07) is 7.64. The number of hydrogen-bond acceptors (Lipinski definition) is 2. The second-order valence-corrected chi connectivity index (χ2v) is 5.81. The first-order chi connectivity index (χ1) is 9.72. The minimum atomic E-state index is -0.140. The van der Waals surface area contributed by atoms with Gasteiger partial charge < -0.3 is 10.2 Å². The number of halogens is 1. The third kappa shape index (κ3) is 4.29. The van der Waals surface area contributed by atoms with E-state index < -0.39 is 0 Å². The summed E-state index contributed by atoms with van der Waals surface area (Å²) >= 11 is 0. The molecule has 0 amide bonds. The molecule has 20 heavy (non-hydrogen) atoms. The van der Waals surface area contributed by atoms with E-state index in [1.165, 1.54) is 31.4 Å². The first-order valence-electron chi connectivity index (χ1n) is 7.94. The molecule has 112 valence electrons. The maximum atomic E-state index is 12.9. The van der Waals surface area contributed by atoms with Crippen LogP contribution in [0.3, 0.4) is 0 Å². The van der Waals surface area contributed by atoms with Crippen molar-refractivity contribution in [1.29, 1.82) is 0 Å². The number of rotatable bonds is 8. The first kappa shape index (κ1) is 15.5. The predicted molar refractivity (Wildman–Crippen MR) is 82.6 cm³/mol. The molecule has 1 aliphatic rings. The lowest BCUT2D eigenvalue weighted by molar-refractivity contribution is 0.250. The molecule has 1 saturated carbocycles. The van der Waals surface area contributed by atoms with Gasteiger partial charge in [-0.2, -0.15) is 0 Å². The molecule has 2 nitrogen and oxygen atoms in total. The monoisotopic (exact) mass is 278 g/mol. The van der Waals surface area contributed by atoms with Gasteiger partial charge in [-0.15, -0.1) is 0 Å². The number of hydrogen-bond donors (Lipinski definition) is 1. The average molecular weight is 278 g/mol. The summed E-state index contributed by atoms with van der Waals surface area (Å²) in [7, 11) is 0. The van der Waals surface area contributed by atoms with Gasteiger partial charge in [0.15, 0.2) is 0 Å². The van der Waals surface area contributed by atoms with Crippen LogP contribution in [0.2, 0.25) is 0 Å². The van der Waals surface area contributed by atoms with Gasteiger partial charge >= 0.3 is 0 Å². The highest BCUT2D eigenvalue weighted by atomic mass is 19.1. The van der Waals surface area contributed by atoms with Gasteiger partial charge in [0, 0.05) is 19.1 Å². The molecule has 1 fully saturated rings. The molecule has 0 atom stereocenters. The van der Waals surface area contributed by atoms with Gasteiger partial charge in [0.05, 0.1) is 0 Å². The summed E-state index contributed by atoms with van der Waals surface area (Å²) in [4.78, 5) is 2.49. The molecule has 0 radical (unpaired) electrons. The van der Waals surface area contributed by atoms with Crippen molar-refractivity contribution in [2.24, 2.45) is 0 Å². The largest absolute Gasteiger partial charge is 0.313 e. The number of nitrogens with one attached hydrogen (secondary N) is 1. The van der Waals surface area contributed by atoms with E-state index in [0.717, 1.165) is 19.6 Å². The first-order valence-corrected chi connectivity index (χ1v) is 7.94. The zero-order chi connectivity index (χ0) is 14.4. The predicted octanol–water partition coefficient (Wildman–Crippen LogP) is 3.39. The molecule has 1 aromatic carbocycles. The van der Waals surface area contributed by atoms with Crippen molar-refractivity contribution in [3.8, 4) is 0 Å². The molecule has 1 N–H and O–H groups in total. The Morgan fingerprint density at radius 1 is 1.15 bits per heavy atom. The van der Waals surface area contributed by atoms with Crippen LogP contribution in [0.5, 0.6) is 0 Å². The molecule has 1 aliphatic carbocycles. The molecule has 0 spiro atoms. The Bertz CT molecular complexity index is 384. The lowest BCUT2D eigenvalue weighted by Crippen LogP contribution is -2.43. The van der Waals surface area contributed by atoms with Crippen LogP contribution in [-0.4, -0.2) is 37.1 Å². The molecule has 0 heterocycles. The third-order valence-corrected chi connectivity index (χ3v) is 4.33. The molecule has 0 saturated heterocycles. The number of nitrogens with zero attached hydrogens (tertiary/aromatic N) is 1. The molecule has 0 aromatic heterocycles. The van der Waals surface area contributed by atoms with Gasteiger partial charge in [-0.05, 0) is 56.0 Å². The van der Waals surface area contributed by atoms with Gasteiger partial charge in [-0.1, -0.05) is 26.0 Å². The zero-order valence-corrected chi connectivity index (χ0v) is 12.7. The Balaban J connectivity index is 1.63. The van der Waals surface area contributed by atoms with E-state index in [0.29, 0.717) is 12.0 Å². The van der Waals surface area contributed by atoms with Crippen LogP contribution in [0.4, 0.5) is 4.39 Å². The molecule has 2 rings (SSSR count). The number of likely N-dealkylation sites (N-methyl/N-ethyl adjacent to an activating group) is 1. The molecule has 0 bridgehead atoms. The van der Waals surface area contributed by atoms with E-state index in [1.807, 2.05) is 12.1 Å². The van der Waals surface area contributed by atoms with Crippen LogP contribution in [-0.2, 0) is 0 Å². The minimum Gasteiger partial charge on any atom is -0.313 e. The SMILES string of the molecule is CCCN(CC)CCNC1CC(c2ccc(F)cc2)C1. The fourth-order valence-electron chi connectivity index (χ4n) is 2.96. The highest BCUT2D eigenvalue weighted by Crippen LogP contribution is 2.36. The van der Waals surface area contributed by atoms with Crippen molar-refractivity contribution in [3.05, 3.63) is 35.6 Å². The van der Waals surface area contributed by atoms with Crippen molar-refractivity contribution in [2.45, 2.75) is 45.1 Å². The summed E-state index contributed by atoms with van der Waals surface area (Å²) in [5.74, 6) is 0.476. The third-order valence-electron chi connectivity index (χ3n) is 4.33. The molecule has 0 unspecified atom stereocenters. The maximum absolute atomic E-state index is 12.9. The van der Waals surface area contributed by atoms with Gasteiger partial charge in [-0.3, -0.25) is 0 Å². The number of benzene rings is 1. The van der Waals surface area contributed by atoms with Crippen LogP contribution >= 0.6 is 0 Å². The van der Waals surface area contributed by atoms with Crippen LogP contribution in [0.1, 0.15) is 44.6 Å². The highest BCUT2D eigenvalue weighted by Gasteiger charge is 2.29. The van der Waals surface area contributed by atoms with Gasteiger partial charge in [0.25, 0.3) is 0 Å². The Morgan fingerprint density at radius 2 is 1.85 bits per heavy atom. The topological polar surface area (TPSA) is 15.3 Å². The van der Waals surface area contributed by atoms with Crippen molar-refractivity contribution in [3.63, 3.8) is 0 Å². The maximum Gasteiger partial charge on any atom is 0.123 e. The van der Waals surface area contributed by atoms with Crippen LogP contribution in [0, 0.1) is 5.82 Å². The van der Waals surface area contributed by atoms with Crippen molar-refractivity contribution < 1.29 is 4.39 Å². The summed E-state index contributed by atoms with van der Waals surface area (Å²) in [5.41, 5.74) is 1.28. The summed E-state index contributed by atoms with van der Waals surface area (Å²) in [6.07, 6.45) is 3.60. The van der Waals surface area contributed by atoms with E-state index in [9.17, 15) is 4.39 Å². The molecule has 1 aromatic rings. The molecular weight excluding hydrogens is 251 g/mol. The quantitative estimate of drug-likeness (QED) is 0.784. The molecular formula is C17H27FN2. The van der Waals surface area contributed by atoms with Crippen LogP contribution in [0.15, 0.2) is 24.3 Å².